The molecule has 4 heteroatoms. The van der Waals surface area contributed by atoms with E-state index >= 15 is 0 Å². The van der Waals surface area contributed by atoms with Crippen LogP contribution in [0.1, 0.15) is 27.7 Å². The Morgan fingerprint density at radius 2 is 1.62 bits per heavy atom. The van der Waals surface area contributed by atoms with Crippen molar-refractivity contribution in [2.75, 3.05) is 0 Å². The van der Waals surface area contributed by atoms with Gasteiger partial charge in [-0.15, -0.1) is 6.92 Å². The van der Waals surface area contributed by atoms with E-state index < -0.39 is 20.8 Å². The van der Waals surface area contributed by atoms with Gasteiger partial charge in [0, 0.05) is 0 Å². The van der Waals surface area contributed by atoms with Crippen molar-refractivity contribution in [2.45, 2.75) is 27.7 Å². The Morgan fingerprint density at radius 1 is 1.23 bits per heavy atom. The Bertz CT molecular complexity index is 212. The second-order valence-corrected chi connectivity index (χ2v) is 6.60. The molecule has 0 saturated carbocycles. The molecule has 0 aromatic heterocycles. The maximum atomic E-state index is 4.93. The molecule has 1 aliphatic rings. The van der Waals surface area contributed by atoms with Crippen molar-refractivity contribution in [2.24, 2.45) is 5.92 Å². The van der Waals surface area contributed by atoms with Gasteiger partial charge in [-0.2, -0.15) is 11.1 Å². The van der Waals surface area contributed by atoms with Gasteiger partial charge < -0.3 is 0 Å². The maximum absolute atomic E-state index is 4.93. The monoisotopic (exact) mass is 313 g/mol. The summed E-state index contributed by atoms with van der Waals surface area (Å²) in [5, 5.41) is 0. The molecule has 0 N–H and O–H groups in total. The summed E-state index contributed by atoms with van der Waals surface area (Å²) >= 11 is -0.826. The van der Waals surface area contributed by atoms with Crippen LogP contribution >= 0.6 is 17.0 Å². The Kier molecular flexibility index (Phi) is 10.8. The van der Waals surface area contributed by atoms with Crippen LogP contribution in [0.5, 0.6) is 0 Å². The number of hydrogen-bond donors (Lipinski definition) is 0. The molecule has 0 aliphatic heterocycles. The van der Waals surface area contributed by atoms with Crippen LogP contribution in [0, 0.1) is 12.0 Å². The summed E-state index contributed by atoms with van der Waals surface area (Å²) in [6.07, 6.45) is 3.36. The quantitative estimate of drug-likeness (QED) is 0.476. The molecule has 0 saturated heterocycles. The molecular formula is C9H17Cl2SiZr-. The van der Waals surface area contributed by atoms with Gasteiger partial charge >= 0.3 is 37.9 Å². The third-order valence-electron chi connectivity index (χ3n) is 2.24. The molecule has 0 spiro atoms. The Morgan fingerprint density at radius 3 is 1.69 bits per heavy atom. The fourth-order valence-electron chi connectivity index (χ4n) is 1.16. The molecular weight excluding hydrogens is 298 g/mol. The summed E-state index contributed by atoms with van der Waals surface area (Å²) in [6.45, 7) is 8.67. The SMILES string of the molecule is CC1=[C-]C(C)C(C)=C1C.[Cl][Zr][Cl].[SiH4]. The van der Waals surface area contributed by atoms with E-state index in [1.165, 1.54) is 16.7 Å². The van der Waals surface area contributed by atoms with Crippen molar-refractivity contribution in [1.29, 1.82) is 0 Å². The summed E-state index contributed by atoms with van der Waals surface area (Å²) in [5.41, 5.74) is 4.25. The fraction of sp³-hybridized carbons (Fsp3) is 0.556. The second-order valence-electron chi connectivity index (χ2n) is 2.87. The zero-order valence-electron chi connectivity index (χ0n) is 7.83. The summed E-state index contributed by atoms with van der Waals surface area (Å²) in [6, 6.07) is 0. The smallest absolute Gasteiger partial charge is 0.0149 e. The van der Waals surface area contributed by atoms with Gasteiger partial charge in [0.25, 0.3) is 0 Å². The molecule has 1 aliphatic carbocycles. The number of allylic oxidation sites excluding steroid dienone is 4. The molecule has 0 fully saturated rings. The Labute approximate surface area is 104 Å². The molecule has 1 unspecified atom stereocenters. The van der Waals surface area contributed by atoms with E-state index in [0.717, 1.165) is 0 Å². The molecule has 0 radical (unpaired) electrons. The van der Waals surface area contributed by atoms with Crippen LogP contribution in [0.15, 0.2) is 16.7 Å². The van der Waals surface area contributed by atoms with Crippen molar-refractivity contribution in [3.05, 3.63) is 22.8 Å². The van der Waals surface area contributed by atoms with E-state index in [9.17, 15) is 0 Å². The first-order chi connectivity index (χ1) is 5.54. The number of halogens is 2. The standard InChI is InChI=1S/C9H13.2ClH.H4Si.Zr/c1-6-5-7(2)9(4)8(6)3;;;;/h6H,1-4H3;2*1H;1H4;/q-1;;;;+2/p-2. The molecule has 76 valence electrons. The van der Waals surface area contributed by atoms with Gasteiger partial charge in [-0.1, -0.05) is 26.7 Å². The minimum atomic E-state index is -0.826. The van der Waals surface area contributed by atoms with Crippen molar-refractivity contribution < 1.29 is 20.8 Å². The Hall–Kier alpha value is 1.16. The summed E-state index contributed by atoms with van der Waals surface area (Å²) in [5.74, 6) is 0.560. The zero-order valence-corrected chi connectivity index (χ0v) is 11.8. The van der Waals surface area contributed by atoms with Gasteiger partial charge in [0.05, 0.1) is 0 Å². The Balaban J connectivity index is 0. The second kappa shape index (κ2) is 8.47. The first-order valence-electron chi connectivity index (χ1n) is 3.78. The average molecular weight is 315 g/mol. The number of rotatable bonds is 0. The van der Waals surface area contributed by atoms with Crippen molar-refractivity contribution >= 4 is 28.0 Å². The predicted molar refractivity (Wildman–Crippen MR) is 63.0 cm³/mol. The third kappa shape index (κ3) is 5.57. The van der Waals surface area contributed by atoms with Crippen LogP contribution in [0.3, 0.4) is 0 Å². The fourth-order valence-corrected chi connectivity index (χ4v) is 1.16. The minimum absolute atomic E-state index is 0. The summed E-state index contributed by atoms with van der Waals surface area (Å²) < 4.78 is 0. The maximum Gasteiger partial charge on any atom is -0.0149 e. The van der Waals surface area contributed by atoms with Crippen LogP contribution in [0.25, 0.3) is 0 Å². The van der Waals surface area contributed by atoms with Crippen molar-refractivity contribution in [3.8, 4) is 0 Å². The topological polar surface area (TPSA) is 0 Å². The van der Waals surface area contributed by atoms with Gasteiger partial charge in [0.15, 0.2) is 0 Å². The predicted octanol–water partition coefficient (Wildman–Crippen LogP) is 2.65. The van der Waals surface area contributed by atoms with Gasteiger partial charge in [-0.25, -0.2) is 5.57 Å². The van der Waals surface area contributed by atoms with Crippen molar-refractivity contribution in [3.63, 3.8) is 0 Å². The van der Waals surface area contributed by atoms with Gasteiger partial charge in [-0.3, -0.25) is 6.08 Å². The van der Waals surface area contributed by atoms with Gasteiger partial charge in [0.2, 0.25) is 0 Å². The largest absolute Gasteiger partial charge is 0.0149 e. The molecule has 1 atom stereocenters. The third-order valence-corrected chi connectivity index (χ3v) is 2.24. The van der Waals surface area contributed by atoms with Crippen LogP contribution in [0.4, 0.5) is 0 Å². The van der Waals surface area contributed by atoms with Crippen LogP contribution in [-0.4, -0.2) is 11.0 Å². The van der Waals surface area contributed by atoms with Crippen LogP contribution in [-0.2, 0) is 20.8 Å². The van der Waals surface area contributed by atoms with Gasteiger partial charge in [0.1, 0.15) is 0 Å². The molecule has 0 amide bonds. The molecule has 13 heavy (non-hydrogen) atoms. The van der Waals surface area contributed by atoms with Crippen LogP contribution < -0.4 is 0 Å². The van der Waals surface area contributed by atoms with E-state index in [-0.39, 0.29) is 11.0 Å². The first-order valence-corrected chi connectivity index (χ1v) is 10.1. The molecule has 0 aromatic rings. The molecule has 1 rings (SSSR count). The number of hydrogen-bond acceptors (Lipinski definition) is 0. The summed E-state index contributed by atoms with van der Waals surface area (Å²) in [7, 11) is 9.87. The zero-order chi connectivity index (χ0) is 9.72. The summed E-state index contributed by atoms with van der Waals surface area (Å²) in [4.78, 5) is 0. The van der Waals surface area contributed by atoms with E-state index in [2.05, 4.69) is 33.8 Å². The normalized spacial score (nSPS) is 19.8. The van der Waals surface area contributed by atoms with Crippen LogP contribution in [0.2, 0.25) is 0 Å². The molecule has 0 bridgehead atoms. The van der Waals surface area contributed by atoms with Gasteiger partial charge in [-0.05, 0) is 11.0 Å². The molecule has 0 aromatic carbocycles. The van der Waals surface area contributed by atoms with E-state index in [1.807, 2.05) is 0 Å². The minimum Gasteiger partial charge on any atom is -0.0149 e. The molecule has 0 heterocycles. The van der Waals surface area contributed by atoms with E-state index in [4.69, 9.17) is 17.0 Å². The first kappa shape index (κ1) is 16.6. The van der Waals surface area contributed by atoms with Crippen molar-refractivity contribution in [1.82, 2.24) is 0 Å². The average Bonchev–Trinajstić information content (AvgIpc) is 2.20. The molecule has 0 nitrogen and oxygen atoms in total. The van der Waals surface area contributed by atoms with E-state index in [0.29, 0.717) is 5.92 Å². The van der Waals surface area contributed by atoms with E-state index in [1.54, 1.807) is 0 Å².